The van der Waals surface area contributed by atoms with Gasteiger partial charge in [0.15, 0.2) is 0 Å². The van der Waals surface area contributed by atoms with Crippen molar-refractivity contribution in [1.82, 2.24) is 4.90 Å². The summed E-state index contributed by atoms with van der Waals surface area (Å²) in [7, 11) is 0. The van der Waals surface area contributed by atoms with Gasteiger partial charge >= 0.3 is 6.09 Å². The molecule has 104 valence electrons. The number of carbonyl (C=O) groups is 2. The Morgan fingerprint density at radius 2 is 1.94 bits per heavy atom. The molecule has 6 heteroatoms. The van der Waals surface area contributed by atoms with Gasteiger partial charge in [0, 0.05) is 17.0 Å². The summed E-state index contributed by atoms with van der Waals surface area (Å²) in [5, 5.41) is 0. The van der Waals surface area contributed by atoms with Crippen molar-refractivity contribution in [2.75, 3.05) is 12.3 Å². The van der Waals surface area contributed by atoms with Gasteiger partial charge in [-0.1, -0.05) is 0 Å². The van der Waals surface area contributed by atoms with Crippen molar-refractivity contribution in [3.63, 3.8) is 0 Å². The number of rotatable bonds is 1. The lowest BCUT2D eigenvalue weighted by Crippen LogP contribution is -2.61. The molecule has 1 aliphatic rings. The molecule has 0 aromatic rings. The van der Waals surface area contributed by atoms with Crippen LogP contribution in [-0.2, 0) is 9.53 Å². The van der Waals surface area contributed by atoms with Gasteiger partial charge in [0.25, 0.3) is 0 Å². The first-order chi connectivity index (χ1) is 8.04. The maximum atomic E-state index is 12.1. The molecule has 1 saturated heterocycles. The van der Waals surface area contributed by atoms with E-state index in [4.69, 9.17) is 10.5 Å². The molecule has 1 rings (SSSR count). The van der Waals surface area contributed by atoms with E-state index in [1.807, 2.05) is 13.8 Å². The molecule has 1 fully saturated rings. The summed E-state index contributed by atoms with van der Waals surface area (Å²) in [4.78, 5) is 25.2. The van der Waals surface area contributed by atoms with Crippen LogP contribution in [0.5, 0.6) is 0 Å². The Morgan fingerprint density at radius 1 is 1.39 bits per heavy atom. The Kier molecular flexibility index (Phi) is 4.20. The topological polar surface area (TPSA) is 72.6 Å². The highest BCUT2D eigenvalue weighted by molar-refractivity contribution is 8.00. The van der Waals surface area contributed by atoms with Gasteiger partial charge in [-0.15, -0.1) is 0 Å². The zero-order valence-electron chi connectivity index (χ0n) is 11.6. The number of nitrogens with zero attached hydrogens (tertiary/aromatic N) is 1. The first-order valence-electron chi connectivity index (χ1n) is 5.97. The Labute approximate surface area is 112 Å². The third-order valence-electron chi connectivity index (χ3n) is 2.67. The lowest BCUT2D eigenvalue weighted by molar-refractivity contribution is -0.124. The second kappa shape index (κ2) is 4.99. The third kappa shape index (κ3) is 3.54. The molecule has 0 saturated carbocycles. The molecule has 1 aliphatic heterocycles. The minimum atomic E-state index is -0.633. The predicted molar refractivity (Wildman–Crippen MR) is 72.5 cm³/mol. The Balaban J connectivity index is 2.91. The molecule has 0 bridgehead atoms. The van der Waals surface area contributed by atoms with Gasteiger partial charge in [0.2, 0.25) is 5.91 Å². The van der Waals surface area contributed by atoms with Crippen LogP contribution in [-0.4, -0.2) is 45.6 Å². The minimum absolute atomic E-state index is 0.388. The van der Waals surface area contributed by atoms with E-state index < -0.39 is 23.6 Å². The van der Waals surface area contributed by atoms with Crippen LogP contribution < -0.4 is 5.73 Å². The maximum absolute atomic E-state index is 12.1. The van der Waals surface area contributed by atoms with Crippen LogP contribution in [0.25, 0.3) is 0 Å². The lowest BCUT2D eigenvalue weighted by Gasteiger charge is -2.44. The van der Waals surface area contributed by atoms with Crippen molar-refractivity contribution in [2.24, 2.45) is 5.73 Å². The highest BCUT2D eigenvalue weighted by atomic mass is 32.2. The molecule has 18 heavy (non-hydrogen) atoms. The number of amides is 2. The average molecular weight is 274 g/mol. The van der Waals surface area contributed by atoms with Crippen LogP contribution in [0.1, 0.15) is 34.6 Å². The zero-order valence-corrected chi connectivity index (χ0v) is 12.5. The fraction of sp³-hybridized carbons (Fsp3) is 0.833. The fourth-order valence-corrected chi connectivity index (χ4v) is 3.22. The van der Waals surface area contributed by atoms with Gasteiger partial charge < -0.3 is 10.5 Å². The molecule has 0 radical (unpaired) electrons. The van der Waals surface area contributed by atoms with Crippen molar-refractivity contribution < 1.29 is 14.3 Å². The number of primary amides is 1. The number of ether oxygens (including phenoxy) is 1. The van der Waals surface area contributed by atoms with E-state index in [9.17, 15) is 9.59 Å². The van der Waals surface area contributed by atoms with Crippen LogP contribution in [0.3, 0.4) is 0 Å². The summed E-state index contributed by atoms with van der Waals surface area (Å²) < 4.78 is 4.93. The molecule has 0 aromatic heterocycles. The molecule has 0 aliphatic carbocycles. The summed E-state index contributed by atoms with van der Waals surface area (Å²) in [6.45, 7) is 9.72. The quantitative estimate of drug-likeness (QED) is 0.788. The van der Waals surface area contributed by atoms with E-state index in [-0.39, 0.29) is 4.75 Å². The second-order valence-electron chi connectivity index (χ2n) is 5.93. The number of hydrogen-bond donors (Lipinski definition) is 1. The van der Waals surface area contributed by atoms with Crippen molar-refractivity contribution in [2.45, 2.75) is 51.0 Å². The predicted octanol–water partition coefficient (Wildman–Crippen LogP) is 1.60. The summed E-state index contributed by atoms with van der Waals surface area (Å²) in [6, 6.07) is -0.633. The van der Waals surface area contributed by atoms with Gasteiger partial charge in [-0.3, -0.25) is 9.69 Å². The van der Waals surface area contributed by atoms with Crippen molar-refractivity contribution in [3.05, 3.63) is 0 Å². The number of nitrogens with two attached hydrogens (primary N) is 1. The van der Waals surface area contributed by atoms with E-state index in [0.717, 1.165) is 5.75 Å². The Hall–Kier alpha value is -0.910. The normalized spacial score (nSPS) is 23.6. The largest absolute Gasteiger partial charge is 0.444 e. The number of thioether (sulfide) groups is 1. The highest BCUT2D eigenvalue weighted by Gasteiger charge is 2.45. The maximum Gasteiger partial charge on any atom is 0.411 e. The Morgan fingerprint density at radius 3 is 2.39 bits per heavy atom. The average Bonchev–Trinajstić information content (AvgIpc) is 2.11. The van der Waals surface area contributed by atoms with E-state index in [1.54, 1.807) is 32.5 Å². The molecule has 0 aromatic carbocycles. The van der Waals surface area contributed by atoms with E-state index in [0.29, 0.717) is 6.54 Å². The van der Waals surface area contributed by atoms with Crippen LogP contribution in [0.2, 0.25) is 0 Å². The first kappa shape index (κ1) is 15.1. The standard InChI is InChI=1S/C12H22N2O3S/c1-11(2,3)17-10(16)14-6-7-18-12(4,5)8(14)9(13)15/h8H,6-7H2,1-5H3,(H2,13,15)/t8-/m1/s1. The highest BCUT2D eigenvalue weighted by Crippen LogP contribution is 2.35. The molecular formula is C12H22N2O3S. The molecule has 1 atom stereocenters. The van der Waals surface area contributed by atoms with Crippen molar-refractivity contribution in [1.29, 1.82) is 0 Å². The van der Waals surface area contributed by atoms with E-state index in [2.05, 4.69) is 0 Å². The molecule has 2 N–H and O–H groups in total. The van der Waals surface area contributed by atoms with Crippen LogP contribution in [0.15, 0.2) is 0 Å². The van der Waals surface area contributed by atoms with Crippen molar-refractivity contribution >= 4 is 23.8 Å². The smallest absolute Gasteiger partial charge is 0.411 e. The fourth-order valence-electron chi connectivity index (χ4n) is 2.00. The first-order valence-corrected chi connectivity index (χ1v) is 6.96. The molecule has 1 heterocycles. The van der Waals surface area contributed by atoms with Gasteiger partial charge in [0.1, 0.15) is 11.6 Å². The van der Waals surface area contributed by atoms with Gasteiger partial charge in [-0.25, -0.2) is 4.79 Å². The molecule has 5 nitrogen and oxygen atoms in total. The Bertz CT molecular complexity index is 350. The zero-order chi connectivity index (χ0) is 14.1. The number of carbonyl (C=O) groups excluding carboxylic acids is 2. The SMILES string of the molecule is CC(C)(C)OC(=O)N1CCSC(C)(C)[C@H]1C(N)=O. The monoisotopic (exact) mass is 274 g/mol. The lowest BCUT2D eigenvalue weighted by atomic mass is 10.0. The van der Waals surface area contributed by atoms with Gasteiger partial charge in [-0.2, -0.15) is 11.8 Å². The summed E-state index contributed by atoms with van der Waals surface area (Å²) >= 11 is 1.65. The minimum Gasteiger partial charge on any atom is -0.444 e. The van der Waals surface area contributed by atoms with E-state index in [1.165, 1.54) is 4.90 Å². The van der Waals surface area contributed by atoms with Crippen LogP contribution >= 0.6 is 11.8 Å². The van der Waals surface area contributed by atoms with Crippen molar-refractivity contribution in [3.8, 4) is 0 Å². The molecular weight excluding hydrogens is 252 g/mol. The van der Waals surface area contributed by atoms with Crippen LogP contribution in [0, 0.1) is 0 Å². The molecule has 0 unspecified atom stereocenters. The summed E-state index contributed by atoms with van der Waals surface area (Å²) in [5.74, 6) is 0.286. The molecule has 0 spiro atoms. The summed E-state index contributed by atoms with van der Waals surface area (Å²) in [5.41, 5.74) is 4.86. The van der Waals surface area contributed by atoms with Crippen LogP contribution in [0.4, 0.5) is 4.79 Å². The second-order valence-corrected chi connectivity index (χ2v) is 7.68. The van der Waals surface area contributed by atoms with E-state index >= 15 is 0 Å². The molecule has 2 amide bonds. The number of hydrogen-bond acceptors (Lipinski definition) is 4. The summed E-state index contributed by atoms with van der Waals surface area (Å²) in [6.07, 6.45) is -0.473. The third-order valence-corrected chi connectivity index (χ3v) is 4.03. The van der Waals surface area contributed by atoms with Gasteiger partial charge in [0.05, 0.1) is 0 Å². The van der Waals surface area contributed by atoms with Gasteiger partial charge in [-0.05, 0) is 34.6 Å².